The molecule has 0 aliphatic heterocycles. The van der Waals surface area contributed by atoms with Crippen LogP contribution in [0.15, 0.2) is 12.3 Å². The van der Waals surface area contributed by atoms with E-state index < -0.39 is 0 Å². The second-order valence-electron chi connectivity index (χ2n) is 3.13. The van der Waals surface area contributed by atoms with Gasteiger partial charge in [-0.15, -0.1) is 0 Å². The molecule has 72 valence electrons. The molecule has 0 aliphatic carbocycles. The van der Waals surface area contributed by atoms with E-state index in [0.29, 0.717) is 18.1 Å². The molecule has 0 fully saturated rings. The molecular formula is C10H14FNO. The summed E-state index contributed by atoms with van der Waals surface area (Å²) >= 11 is 0. The number of rotatable bonds is 3. The van der Waals surface area contributed by atoms with Crippen LogP contribution in [0.5, 0.6) is 5.88 Å². The van der Waals surface area contributed by atoms with Gasteiger partial charge < -0.3 is 4.74 Å². The average molecular weight is 183 g/mol. The fourth-order valence-corrected chi connectivity index (χ4v) is 1.10. The van der Waals surface area contributed by atoms with E-state index in [9.17, 15) is 4.39 Å². The van der Waals surface area contributed by atoms with Gasteiger partial charge in [-0.3, -0.25) is 0 Å². The number of hydrogen-bond acceptors (Lipinski definition) is 2. The molecule has 0 bridgehead atoms. The largest absolute Gasteiger partial charge is 0.478 e. The van der Waals surface area contributed by atoms with Crippen molar-refractivity contribution in [2.24, 2.45) is 0 Å². The molecule has 0 atom stereocenters. The Morgan fingerprint density at radius 3 is 2.77 bits per heavy atom. The average Bonchev–Trinajstić information content (AvgIpc) is 2.08. The highest BCUT2D eigenvalue weighted by molar-refractivity contribution is 5.24. The summed E-state index contributed by atoms with van der Waals surface area (Å²) in [4.78, 5) is 3.81. The fourth-order valence-electron chi connectivity index (χ4n) is 1.10. The Bertz CT molecular complexity index is 286. The van der Waals surface area contributed by atoms with Crippen molar-refractivity contribution in [2.45, 2.75) is 26.7 Å². The zero-order valence-electron chi connectivity index (χ0n) is 8.17. The molecule has 0 aromatic carbocycles. The SMILES string of the molecule is CCOc1cc(C(C)C)c(F)cn1. The molecule has 2 nitrogen and oxygen atoms in total. The van der Waals surface area contributed by atoms with Crippen molar-refractivity contribution < 1.29 is 9.13 Å². The topological polar surface area (TPSA) is 22.1 Å². The summed E-state index contributed by atoms with van der Waals surface area (Å²) in [5.74, 6) is 0.383. The lowest BCUT2D eigenvalue weighted by Crippen LogP contribution is -1.99. The molecule has 0 saturated heterocycles. The molecule has 1 aromatic rings. The Kier molecular flexibility index (Phi) is 3.23. The molecule has 0 spiro atoms. The van der Waals surface area contributed by atoms with Gasteiger partial charge in [0.2, 0.25) is 5.88 Å². The van der Waals surface area contributed by atoms with E-state index in [1.165, 1.54) is 6.20 Å². The van der Waals surface area contributed by atoms with Crippen LogP contribution in [0.1, 0.15) is 32.3 Å². The third-order valence-corrected chi connectivity index (χ3v) is 1.77. The van der Waals surface area contributed by atoms with Crippen molar-refractivity contribution in [1.82, 2.24) is 4.98 Å². The van der Waals surface area contributed by atoms with Crippen molar-refractivity contribution >= 4 is 0 Å². The molecule has 0 saturated carbocycles. The van der Waals surface area contributed by atoms with E-state index in [1.807, 2.05) is 20.8 Å². The highest BCUT2D eigenvalue weighted by Gasteiger charge is 2.08. The zero-order valence-corrected chi connectivity index (χ0v) is 8.17. The minimum atomic E-state index is -0.265. The Morgan fingerprint density at radius 1 is 1.54 bits per heavy atom. The first-order valence-electron chi connectivity index (χ1n) is 4.43. The van der Waals surface area contributed by atoms with Crippen molar-refractivity contribution in [3.05, 3.63) is 23.6 Å². The van der Waals surface area contributed by atoms with Gasteiger partial charge in [0.15, 0.2) is 0 Å². The van der Waals surface area contributed by atoms with Gasteiger partial charge in [-0.25, -0.2) is 9.37 Å². The molecule has 0 unspecified atom stereocenters. The molecule has 3 heteroatoms. The maximum Gasteiger partial charge on any atom is 0.213 e. The van der Waals surface area contributed by atoms with Crippen molar-refractivity contribution in [1.29, 1.82) is 0 Å². The maximum absolute atomic E-state index is 13.1. The van der Waals surface area contributed by atoms with Crippen LogP contribution in [0.2, 0.25) is 0 Å². The Balaban J connectivity index is 2.97. The fraction of sp³-hybridized carbons (Fsp3) is 0.500. The highest BCUT2D eigenvalue weighted by Crippen LogP contribution is 2.21. The van der Waals surface area contributed by atoms with Crippen LogP contribution in [0.4, 0.5) is 4.39 Å². The summed E-state index contributed by atoms with van der Waals surface area (Å²) < 4.78 is 18.3. The van der Waals surface area contributed by atoms with Crippen molar-refractivity contribution in [3.8, 4) is 5.88 Å². The quantitative estimate of drug-likeness (QED) is 0.718. The second-order valence-corrected chi connectivity index (χ2v) is 3.13. The van der Waals surface area contributed by atoms with E-state index in [2.05, 4.69) is 4.98 Å². The van der Waals surface area contributed by atoms with Gasteiger partial charge in [0.05, 0.1) is 12.8 Å². The number of pyridine rings is 1. The Hall–Kier alpha value is -1.12. The first-order valence-corrected chi connectivity index (χ1v) is 4.43. The van der Waals surface area contributed by atoms with Crippen molar-refractivity contribution in [3.63, 3.8) is 0 Å². The van der Waals surface area contributed by atoms with E-state index in [0.717, 1.165) is 0 Å². The van der Waals surface area contributed by atoms with Gasteiger partial charge in [-0.1, -0.05) is 13.8 Å². The van der Waals surface area contributed by atoms with Crippen LogP contribution in [0.3, 0.4) is 0 Å². The molecule has 1 heterocycles. The minimum Gasteiger partial charge on any atom is -0.478 e. The van der Waals surface area contributed by atoms with Gasteiger partial charge in [0, 0.05) is 6.07 Å². The lowest BCUT2D eigenvalue weighted by atomic mass is 10.0. The number of aromatic nitrogens is 1. The first-order chi connectivity index (χ1) is 6.15. The third-order valence-electron chi connectivity index (χ3n) is 1.77. The molecule has 0 radical (unpaired) electrons. The summed E-state index contributed by atoms with van der Waals surface area (Å²) in [6, 6.07) is 1.66. The van der Waals surface area contributed by atoms with Gasteiger partial charge >= 0.3 is 0 Å². The van der Waals surface area contributed by atoms with Crippen LogP contribution in [-0.2, 0) is 0 Å². The molecule has 0 amide bonds. The smallest absolute Gasteiger partial charge is 0.213 e. The van der Waals surface area contributed by atoms with Gasteiger partial charge in [-0.2, -0.15) is 0 Å². The summed E-state index contributed by atoms with van der Waals surface area (Å²) in [5.41, 5.74) is 0.651. The Labute approximate surface area is 77.8 Å². The lowest BCUT2D eigenvalue weighted by Gasteiger charge is -2.08. The second kappa shape index (κ2) is 4.21. The van der Waals surface area contributed by atoms with Crippen LogP contribution >= 0.6 is 0 Å². The van der Waals surface area contributed by atoms with Gasteiger partial charge in [0.1, 0.15) is 5.82 Å². The molecule has 0 N–H and O–H groups in total. The first kappa shape index (κ1) is 9.96. The van der Waals surface area contributed by atoms with Crippen molar-refractivity contribution in [2.75, 3.05) is 6.61 Å². The predicted molar refractivity (Wildman–Crippen MR) is 49.5 cm³/mol. The Morgan fingerprint density at radius 2 is 2.23 bits per heavy atom. The third kappa shape index (κ3) is 2.41. The molecule has 0 aliphatic rings. The lowest BCUT2D eigenvalue weighted by molar-refractivity contribution is 0.325. The number of halogens is 1. The minimum absolute atomic E-state index is 0.155. The normalized spacial score (nSPS) is 10.5. The number of ether oxygens (including phenoxy) is 1. The summed E-state index contributed by atoms with van der Waals surface area (Å²) in [6.45, 7) is 6.30. The van der Waals surface area contributed by atoms with E-state index >= 15 is 0 Å². The predicted octanol–water partition coefficient (Wildman–Crippen LogP) is 2.74. The number of hydrogen-bond donors (Lipinski definition) is 0. The summed E-state index contributed by atoms with van der Waals surface area (Å²) in [6.07, 6.45) is 1.21. The molecular weight excluding hydrogens is 169 g/mol. The van der Waals surface area contributed by atoms with E-state index in [1.54, 1.807) is 6.07 Å². The number of nitrogens with zero attached hydrogens (tertiary/aromatic N) is 1. The van der Waals surface area contributed by atoms with Crippen LogP contribution in [-0.4, -0.2) is 11.6 Å². The molecule has 1 aromatic heterocycles. The molecule has 13 heavy (non-hydrogen) atoms. The maximum atomic E-state index is 13.1. The van der Waals surface area contributed by atoms with Gasteiger partial charge in [0.25, 0.3) is 0 Å². The standard InChI is InChI=1S/C10H14FNO/c1-4-13-10-5-8(7(2)3)9(11)6-12-10/h5-7H,4H2,1-3H3. The zero-order chi connectivity index (χ0) is 9.84. The van der Waals surface area contributed by atoms with E-state index in [4.69, 9.17) is 4.74 Å². The monoisotopic (exact) mass is 183 g/mol. The van der Waals surface area contributed by atoms with E-state index in [-0.39, 0.29) is 11.7 Å². The van der Waals surface area contributed by atoms with Gasteiger partial charge in [-0.05, 0) is 18.4 Å². The van der Waals surface area contributed by atoms with Crippen LogP contribution < -0.4 is 4.74 Å². The van der Waals surface area contributed by atoms with Crippen LogP contribution in [0, 0.1) is 5.82 Å². The van der Waals surface area contributed by atoms with Crippen LogP contribution in [0.25, 0.3) is 0 Å². The summed E-state index contributed by atoms with van der Waals surface area (Å²) in [5, 5.41) is 0. The molecule has 1 rings (SSSR count). The summed E-state index contributed by atoms with van der Waals surface area (Å²) in [7, 11) is 0. The highest BCUT2D eigenvalue weighted by atomic mass is 19.1.